The topological polar surface area (TPSA) is 75.6 Å². The number of aromatic hydroxyl groups is 1. The van der Waals surface area contributed by atoms with Gasteiger partial charge in [0.25, 0.3) is 5.91 Å². The third-order valence-corrected chi connectivity index (χ3v) is 3.57. The van der Waals surface area contributed by atoms with Gasteiger partial charge in [0.1, 0.15) is 11.3 Å². The third kappa shape index (κ3) is 4.84. The van der Waals surface area contributed by atoms with Gasteiger partial charge in [0, 0.05) is 0 Å². The van der Waals surface area contributed by atoms with Crippen LogP contribution < -0.4 is 5.32 Å². The molecule has 0 bridgehead atoms. The number of hydrogen-bond acceptors (Lipinski definition) is 4. The summed E-state index contributed by atoms with van der Waals surface area (Å²) in [6.45, 7) is 1.65. The molecule has 5 heteroatoms. The van der Waals surface area contributed by atoms with E-state index in [0.29, 0.717) is 0 Å². The van der Waals surface area contributed by atoms with Crippen molar-refractivity contribution in [3.8, 4) is 5.75 Å². The van der Waals surface area contributed by atoms with Gasteiger partial charge in [0.05, 0.1) is 6.04 Å². The molecule has 0 heterocycles. The Balaban J connectivity index is 1.92. The van der Waals surface area contributed by atoms with Crippen molar-refractivity contribution in [2.24, 2.45) is 0 Å². The van der Waals surface area contributed by atoms with E-state index in [1.807, 2.05) is 37.3 Å². The summed E-state index contributed by atoms with van der Waals surface area (Å²) in [5, 5.41) is 12.5. The molecular weight excluding hydrogens is 306 g/mol. The van der Waals surface area contributed by atoms with Gasteiger partial charge in [-0.1, -0.05) is 55.8 Å². The van der Waals surface area contributed by atoms with Crippen molar-refractivity contribution in [2.45, 2.75) is 25.8 Å². The van der Waals surface area contributed by atoms with Crippen LogP contribution >= 0.6 is 0 Å². The van der Waals surface area contributed by atoms with Gasteiger partial charge < -0.3 is 15.2 Å². The molecule has 2 aromatic rings. The molecule has 0 aliphatic carbocycles. The number of rotatable bonds is 7. The van der Waals surface area contributed by atoms with Crippen LogP contribution in [0.4, 0.5) is 0 Å². The van der Waals surface area contributed by atoms with Gasteiger partial charge in [0.2, 0.25) is 0 Å². The quantitative estimate of drug-likeness (QED) is 0.766. The molecule has 0 spiro atoms. The number of amides is 1. The number of phenolic OH excluding ortho intramolecular Hbond substituents is 1. The maximum Gasteiger partial charge on any atom is 0.342 e. The first-order valence-corrected chi connectivity index (χ1v) is 7.91. The molecular formula is C19H21NO4. The minimum atomic E-state index is -0.727. The zero-order chi connectivity index (χ0) is 17.4. The van der Waals surface area contributed by atoms with Crippen LogP contribution in [-0.2, 0) is 9.53 Å². The fourth-order valence-corrected chi connectivity index (χ4v) is 2.39. The van der Waals surface area contributed by atoms with E-state index < -0.39 is 5.97 Å². The van der Waals surface area contributed by atoms with Gasteiger partial charge in [-0.3, -0.25) is 4.79 Å². The lowest BCUT2D eigenvalue weighted by atomic mass is 10.0. The van der Waals surface area contributed by atoms with E-state index in [9.17, 15) is 14.7 Å². The van der Waals surface area contributed by atoms with E-state index in [1.54, 1.807) is 12.1 Å². The van der Waals surface area contributed by atoms with Gasteiger partial charge in [-0.2, -0.15) is 0 Å². The van der Waals surface area contributed by atoms with E-state index >= 15 is 0 Å². The number of phenols is 1. The van der Waals surface area contributed by atoms with Crippen molar-refractivity contribution in [1.29, 1.82) is 0 Å². The maximum atomic E-state index is 12.1. The number of benzene rings is 2. The third-order valence-electron chi connectivity index (χ3n) is 3.57. The Morgan fingerprint density at radius 3 is 2.42 bits per heavy atom. The second kappa shape index (κ2) is 8.72. The summed E-state index contributed by atoms with van der Waals surface area (Å²) in [6.07, 6.45) is 1.71. The Morgan fingerprint density at radius 1 is 1.08 bits per heavy atom. The van der Waals surface area contributed by atoms with Crippen molar-refractivity contribution in [3.05, 3.63) is 65.7 Å². The predicted molar refractivity (Wildman–Crippen MR) is 90.6 cm³/mol. The molecule has 2 rings (SSSR count). The smallest absolute Gasteiger partial charge is 0.342 e. The molecule has 1 amide bonds. The van der Waals surface area contributed by atoms with Crippen molar-refractivity contribution in [3.63, 3.8) is 0 Å². The van der Waals surface area contributed by atoms with Gasteiger partial charge in [-0.05, 0) is 24.1 Å². The molecule has 2 aromatic carbocycles. The first-order valence-electron chi connectivity index (χ1n) is 7.91. The summed E-state index contributed by atoms with van der Waals surface area (Å²) in [5.41, 5.74) is 1.05. The van der Waals surface area contributed by atoms with E-state index in [1.165, 1.54) is 12.1 Å². The number of carbonyl (C=O) groups excluding carboxylic acids is 2. The lowest BCUT2D eigenvalue weighted by molar-refractivity contribution is -0.125. The van der Waals surface area contributed by atoms with Gasteiger partial charge in [-0.15, -0.1) is 0 Å². The van der Waals surface area contributed by atoms with E-state index in [-0.39, 0.29) is 29.9 Å². The Hall–Kier alpha value is -2.82. The number of esters is 1. The fourth-order valence-electron chi connectivity index (χ4n) is 2.39. The van der Waals surface area contributed by atoms with Crippen LogP contribution in [0.25, 0.3) is 0 Å². The summed E-state index contributed by atoms with van der Waals surface area (Å²) in [4.78, 5) is 24.0. The van der Waals surface area contributed by atoms with Gasteiger partial charge in [0.15, 0.2) is 6.61 Å². The number of hydrogen-bond donors (Lipinski definition) is 2. The molecule has 0 aliphatic heterocycles. The lowest BCUT2D eigenvalue weighted by Crippen LogP contribution is -2.32. The SMILES string of the molecule is CCCC(NC(=O)COC(=O)c1ccccc1O)c1ccccc1. The molecule has 0 radical (unpaired) electrons. The molecule has 126 valence electrons. The Labute approximate surface area is 141 Å². The fraction of sp³-hybridized carbons (Fsp3) is 0.263. The highest BCUT2D eigenvalue weighted by molar-refractivity contribution is 5.93. The van der Waals surface area contributed by atoms with Crippen LogP contribution in [0.3, 0.4) is 0 Å². The number of nitrogens with one attached hydrogen (secondary N) is 1. The number of para-hydroxylation sites is 1. The van der Waals surface area contributed by atoms with Gasteiger partial charge >= 0.3 is 5.97 Å². The Bertz CT molecular complexity index is 685. The van der Waals surface area contributed by atoms with Crippen molar-refractivity contribution in [2.75, 3.05) is 6.61 Å². The minimum Gasteiger partial charge on any atom is -0.507 e. The molecule has 0 aromatic heterocycles. The zero-order valence-corrected chi connectivity index (χ0v) is 13.6. The summed E-state index contributed by atoms with van der Waals surface area (Å²) in [7, 11) is 0. The number of carbonyl (C=O) groups is 2. The Morgan fingerprint density at radius 2 is 1.75 bits per heavy atom. The molecule has 0 fully saturated rings. The van der Waals surface area contributed by atoms with Crippen LogP contribution in [0.15, 0.2) is 54.6 Å². The predicted octanol–water partition coefficient (Wildman–Crippen LogP) is 3.21. The lowest BCUT2D eigenvalue weighted by Gasteiger charge is -2.18. The standard InChI is InChI=1S/C19H21NO4/c1-2-8-16(14-9-4-3-5-10-14)20-18(22)13-24-19(23)15-11-6-7-12-17(15)21/h3-7,9-12,16,21H,2,8,13H2,1H3,(H,20,22). The average molecular weight is 327 g/mol. The molecule has 0 saturated heterocycles. The summed E-state index contributed by atoms with van der Waals surface area (Å²) >= 11 is 0. The largest absolute Gasteiger partial charge is 0.507 e. The van der Waals surface area contributed by atoms with Crippen LogP contribution in [-0.4, -0.2) is 23.6 Å². The number of ether oxygens (including phenoxy) is 1. The molecule has 24 heavy (non-hydrogen) atoms. The van der Waals surface area contributed by atoms with Crippen molar-refractivity contribution >= 4 is 11.9 Å². The summed E-state index contributed by atoms with van der Waals surface area (Å²) < 4.78 is 4.97. The highest BCUT2D eigenvalue weighted by atomic mass is 16.5. The molecule has 2 N–H and O–H groups in total. The molecule has 1 unspecified atom stereocenters. The second-order valence-corrected chi connectivity index (χ2v) is 5.41. The normalized spacial score (nSPS) is 11.5. The van der Waals surface area contributed by atoms with Crippen LogP contribution in [0.1, 0.15) is 41.7 Å². The van der Waals surface area contributed by atoms with Crippen LogP contribution in [0.5, 0.6) is 5.75 Å². The second-order valence-electron chi connectivity index (χ2n) is 5.41. The summed E-state index contributed by atoms with van der Waals surface area (Å²) in [6, 6.07) is 15.6. The highest BCUT2D eigenvalue weighted by Gasteiger charge is 2.17. The minimum absolute atomic E-state index is 0.0402. The molecule has 1 atom stereocenters. The van der Waals surface area contributed by atoms with Crippen molar-refractivity contribution in [1.82, 2.24) is 5.32 Å². The van der Waals surface area contributed by atoms with Crippen LogP contribution in [0, 0.1) is 0 Å². The first kappa shape index (κ1) is 17.5. The Kier molecular flexibility index (Phi) is 6.37. The van der Waals surface area contributed by atoms with E-state index in [0.717, 1.165) is 18.4 Å². The van der Waals surface area contributed by atoms with Crippen molar-refractivity contribution < 1.29 is 19.4 Å². The van der Waals surface area contributed by atoms with E-state index in [2.05, 4.69) is 5.32 Å². The molecule has 5 nitrogen and oxygen atoms in total. The maximum absolute atomic E-state index is 12.1. The summed E-state index contributed by atoms with van der Waals surface area (Å²) in [5.74, 6) is -1.27. The zero-order valence-electron chi connectivity index (χ0n) is 13.6. The molecule has 0 aliphatic rings. The average Bonchev–Trinajstić information content (AvgIpc) is 2.60. The highest BCUT2D eigenvalue weighted by Crippen LogP contribution is 2.18. The van der Waals surface area contributed by atoms with Crippen LogP contribution in [0.2, 0.25) is 0 Å². The van der Waals surface area contributed by atoms with Gasteiger partial charge in [-0.25, -0.2) is 4.79 Å². The first-order chi connectivity index (χ1) is 11.6. The monoisotopic (exact) mass is 327 g/mol. The van der Waals surface area contributed by atoms with E-state index in [4.69, 9.17) is 4.74 Å². The molecule has 0 saturated carbocycles.